The lowest BCUT2D eigenvalue weighted by Crippen LogP contribution is -2.16. The van der Waals surface area contributed by atoms with E-state index in [9.17, 15) is 13.2 Å². The van der Waals surface area contributed by atoms with Crippen molar-refractivity contribution in [1.29, 1.82) is 0 Å². The Hall–Kier alpha value is -1.15. The van der Waals surface area contributed by atoms with Crippen LogP contribution in [0.15, 0.2) is 0 Å². The molecule has 0 aliphatic rings. The van der Waals surface area contributed by atoms with Gasteiger partial charge in [0.2, 0.25) is 10.0 Å². The average molecular weight is 334 g/mol. The Bertz CT molecular complexity index is 579. The first-order valence-corrected chi connectivity index (χ1v) is 9.37. The molecule has 0 atom stereocenters. The zero-order chi connectivity index (χ0) is 16.0. The van der Waals surface area contributed by atoms with Crippen LogP contribution in [0.4, 0.5) is 5.13 Å². The number of unbranched alkanes of at least 4 members (excludes halogenated alkanes) is 1. The van der Waals surface area contributed by atoms with E-state index in [1.54, 1.807) is 6.92 Å². The number of carbonyl (C=O) groups is 1. The van der Waals surface area contributed by atoms with Crippen LogP contribution in [-0.2, 0) is 14.8 Å². The monoisotopic (exact) mass is 334 g/mol. The number of rotatable bonds is 8. The molecule has 0 fully saturated rings. The van der Waals surface area contributed by atoms with Crippen molar-refractivity contribution in [2.24, 2.45) is 5.92 Å². The van der Waals surface area contributed by atoms with E-state index < -0.39 is 16.0 Å². The molecule has 8 heteroatoms. The summed E-state index contributed by atoms with van der Waals surface area (Å²) in [5, 5.41) is 0.208. The highest BCUT2D eigenvalue weighted by Gasteiger charge is 2.19. The van der Waals surface area contributed by atoms with Crippen LogP contribution >= 0.6 is 11.3 Å². The smallest absolute Gasteiger partial charge is 0.350 e. The molecule has 1 rings (SSSR count). The summed E-state index contributed by atoms with van der Waals surface area (Å²) in [7, 11) is -3.41. The minimum atomic E-state index is -3.41. The van der Waals surface area contributed by atoms with Gasteiger partial charge < -0.3 is 4.74 Å². The van der Waals surface area contributed by atoms with Gasteiger partial charge in [-0.15, -0.1) is 0 Å². The third kappa shape index (κ3) is 6.01. The lowest BCUT2D eigenvalue weighted by molar-refractivity contribution is 0.0463. The number of aryl methyl sites for hydroxylation is 1. The van der Waals surface area contributed by atoms with E-state index in [1.807, 2.05) is 20.8 Å². The topological polar surface area (TPSA) is 85.4 Å². The summed E-state index contributed by atoms with van der Waals surface area (Å²) in [6.07, 6.45) is 1.38. The molecule has 1 N–H and O–H groups in total. The number of hydrogen-bond acceptors (Lipinski definition) is 6. The predicted octanol–water partition coefficient (Wildman–Crippen LogP) is 2.81. The molecule has 1 aromatic rings. The largest absolute Gasteiger partial charge is 0.461 e. The first kappa shape index (κ1) is 17.9. The molecule has 0 saturated heterocycles. The van der Waals surface area contributed by atoms with Crippen molar-refractivity contribution in [1.82, 2.24) is 4.98 Å². The number of esters is 1. The van der Waals surface area contributed by atoms with Crippen LogP contribution in [0.25, 0.3) is 0 Å². The van der Waals surface area contributed by atoms with Crippen molar-refractivity contribution in [2.45, 2.75) is 40.5 Å². The number of ether oxygens (including phenoxy) is 1. The van der Waals surface area contributed by atoms with E-state index in [4.69, 9.17) is 4.74 Å². The SMILES string of the molecule is CCCCS(=O)(=O)Nc1nc(C)c(C(=O)OCC(C)C)s1. The second-order valence-corrected chi connectivity index (χ2v) is 8.04. The fraction of sp³-hybridized carbons (Fsp3) is 0.692. The molecule has 0 unspecified atom stereocenters. The fourth-order valence-electron chi connectivity index (χ4n) is 1.46. The molecule has 0 aliphatic heterocycles. The maximum Gasteiger partial charge on any atom is 0.350 e. The molecule has 0 saturated carbocycles. The van der Waals surface area contributed by atoms with Crippen LogP contribution in [0.3, 0.4) is 0 Å². The van der Waals surface area contributed by atoms with Gasteiger partial charge in [0.1, 0.15) is 4.88 Å². The molecule has 0 bridgehead atoms. The Balaban J connectivity index is 2.76. The Labute approximate surface area is 130 Å². The van der Waals surface area contributed by atoms with Crippen LogP contribution in [0.1, 0.15) is 49.0 Å². The van der Waals surface area contributed by atoms with E-state index in [0.29, 0.717) is 23.6 Å². The second-order valence-electron chi connectivity index (χ2n) is 5.20. The predicted molar refractivity (Wildman–Crippen MR) is 84.3 cm³/mol. The first-order valence-electron chi connectivity index (χ1n) is 6.90. The van der Waals surface area contributed by atoms with Gasteiger partial charge in [-0.1, -0.05) is 38.5 Å². The lowest BCUT2D eigenvalue weighted by atomic mass is 10.2. The minimum absolute atomic E-state index is 0.0509. The maximum atomic E-state index is 11.9. The first-order chi connectivity index (χ1) is 9.75. The van der Waals surface area contributed by atoms with Crippen LogP contribution in [-0.4, -0.2) is 31.7 Å². The lowest BCUT2D eigenvalue weighted by Gasteiger charge is -2.05. The molecular formula is C13H22N2O4S2. The molecule has 0 radical (unpaired) electrons. The van der Waals surface area contributed by atoms with Gasteiger partial charge in [-0.3, -0.25) is 4.72 Å². The summed E-state index contributed by atoms with van der Waals surface area (Å²) in [6, 6.07) is 0. The minimum Gasteiger partial charge on any atom is -0.461 e. The van der Waals surface area contributed by atoms with E-state index in [0.717, 1.165) is 17.8 Å². The number of anilines is 1. The van der Waals surface area contributed by atoms with E-state index >= 15 is 0 Å². The molecule has 0 aromatic carbocycles. The molecule has 0 aliphatic carbocycles. The van der Waals surface area contributed by atoms with E-state index in [-0.39, 0.29) is 16.8 Å². The zero-order valence-electron chi connectivity index (χ0n) is 12.8. The normalized spacial score (nSPS) is 11.7. The van der Waals surface area contributed by atoms with Gasteiger partial charge in [-0.25, -0.2) is 18.2 Å². The van der Waals surface area contributed by atoms with Gasteiger partial charge in [0, 0.05) is 0 Å². The standard InChI is InChI=1S/C13H22N2O4S2/c1-5-6-7-21(17,18)15-13-14-10(4)11(20-13)12(16)19-8-9(2)3/h9H,5-8H2,1-4H3,(H,14,15). The summed E-state index contributed by atoms with van der Waals surface area (Å²) in [5.74, 6) is -0.165. The van der Waals surface area contributed by atoms with Gasteiger partial charge in [-0.2, -0.15) is 0 Å². The summed E-state index contributed by atoms with van der Waals surface area (Å²) < 4.78 is 31.1. The molecular weight excluding hydrogens is 312 g/mol. The number of nitrogens with one attached hydrogen (secondary N) is 1. The Morgan fingerprint density at radius 3 is 2.67 bits per heavy atom. The maximum absolute atomic E-state index is 11.9. The van der Waals surface area contributed by atoms with Crippen LogP contribution in [0, 0.1) is 12.8 Å². The van der Waals surface area contributed by atoms with Crippen molar-refractivity contribution in [3.63, 3.8) is 0 Å². The van der Waals surface area contributed by atoms with Gasteiger partial charge >= 0.3 is 5.97 Å². The van der Waals surface area contributed by atoms with Gasteiger partial charge in [0.05, 0.1) is 18.1 Å². The van der Waals surface area contributed by atoms with Crippen LogP contribution in [0.2, 0.25) is 0 Å². The molecule has 120 valence electrons. The number of carbonyl (C=O) groups excluding carboxylic acids is 1. The number of aromatic nitrogens is 1. The van der Waals surface area contributed by atoms with Gasteiger partial charge in [0.25, 0.3) is 0 Å². The highest BCUT2D eigenvalue weighted by atomic mass is 32.2. The molecule has 1 heterocycles. The van der Waals surface area contributed by atoms with Crippen molar-refractivity contribution >= 4 is 32.5 Å². The molecule has 0 amide bonds. The van der Waals surface area contributed by atoms with E-state index in [2.05, 4.69) is 9.71 Å². The number of nitrogens with zero attached hydrogens (tertiary/aromatic N) is 1. The number of thiazole rings is 1. The molecule has 1 aromatic heterocycles. The van der Waals surface area contributed by atoms with E-state index in [1.165, 1.54) is 0 Å². The van der Waals surface area contributed by atoms with Crippen molar-refractivity contribution in [3.8, 4) is 0 Å². The summed E-state index contributed by atoms with van der Waals surface area (Å²) >= 11 is 1.00. The van der Waals surface area contributed by atoms with Crippen molar-refractivity contribution in [3.05, 3.63) is 10.6 Å². The van der Waals surface area contributed by atoms with Gasteiger partial charge in [-0.05, 0) is 19.3 Å². The third-order valence-corrected chi connectivity index (χ3v) is 5.05. The van der Waals surface area contributed by atoms with Crippen molar-refractivity contribution < 1.29 is 17.9 Å². The fourth-order valence-corrected chi connectivity index (χ4v) is 3.80. The Morgan fingerprint density at radius 2 is 2.10 bits per heavy atom. The van der Waals surface area contributed by atoms with Crippen LogP contribution < -0.4 is 4.72 Å². The highest BCUT2D eigenvalue weighted by Crippen LogP contribution is 2.24. The zero-order valence-corrected chi connectivity index (χ0v) is 14.4. The number of sulfonamides is 1. The number of hydrogen-bond donors (Lipinski definition) is 1. The second kappa shape index (κ2) is 7.74. The Kier molecular flexibility index (Phi) is 6.60. The summed E-state index contributed by atoms with van der Waals surface area (Å²) in [6.45, 7) is 7.80. The molecule has 0 spiro atoms. The average Bonchev–Trinajstić information content (AvgIpc) is 2.73. The molecule has 21 heavy (non-hydrogen) atoms. The highest BCUT2D eigenvalue weighted by molar-refractivity contribution is 7.92. The summed E-state index contributed by atoms with van der Waals surface area (Å²) in [5.41, 5.74) is 0.474. The third-order valence-electron chi connectivity index (χ3n) is 2.54. The van der Waals surface area contributed by atoms with Crippen molar-refractivity contribution in [2.75, 3.05) is 17.1 Å². The van der Waals surface area contributed by atoms with Crippen LogP contribution in [0.5, 0.6) is 0 Å². The van der Waals surface area contributed by atoms with Gasteiger partial charge in [0.15, 0.2) is 5.13 Å². The Morgan fingerprint density at radius 1 is 1.43 bits per heavy atom. The quantitative estimate of drug-likeness (QED) is 0.739. The molecule has 6 nitrogen and oxygen atoms in total. The summed E-state index contributed by atoms with van der Waals surface area (Å²) in [4.78, 5) is 16.3.